The highest BCUT2D eigenvalue weighted by molar-refractivity contribution is 5.97. The van der Waals surface area contributed by atoms with Crippen molar-refractivity contribution in [2.75, 3.05) is 6.54 Å². The van der Waals surface area contributed by atoms with Crippen LogP contribution in [0.5, 0.6) is 0 Å². The molecule has 0 radical (unpaired) electrons. The zero-order valence-corrected chi connectivity index (χ0v) is 17.5. The summed E-state index contributed by atoms with van der Waals surface area (Å²) in [6, 6.07) is 16.5. The van der Waals surface area contributed by atoms with Crippen LogP contribution in [0.15, 0.2) is 53.1 Å². The highest BCUT2D eigenvalue weighted by Gasteiger charge is 2.37. The average molecular weight is 399 g/mol. The molecule has 1 aliphatic rings. The van der Waals surface area contributed by atoms with Gasteiger partial charge in [-0.05, 0) is 49.4 Å². The molecular formula is C25H25N3O2. The third-order valence-corrected chi connectivity index (χ3v) is 6.26. The molecule has 5 rings (SSSR count). The van der Waals surface area contributed by atoms with Crippen LogP contribution in [0.4, 0.5) is 0 Å². The van der Waals surface area contributed by atoms with Gasteiger partial charge < -0.3 is 14.4 Å². The summed E-state index contributed by atoms with van der Waals surface area (Å²) >= 11 is 0. The number of fused-ring (bicyclic) bond motifs is 3. The molecular weight excluding hydrogens is 374 g/mol. The Morgan fingerprint density at radius 3 is 2.73 bits per heavy atom. The lowest BCUT2D eigenvalue weighted by Gasteiger charge is -2.37. The second kappa shape index (κ2) is 7.17. The molecule has 2 aromatic carbocycles. The predicted molar refractivity (Wildman–Crippen MR) is 117 cm³/mol. The summed E-state index contributed by atoms with van der Waals surface area (Å²) < 4.78 is 5.38. The number of para-hydroxylation sites is 1. The molecule has 3 heterocycles. The predicted octanol–water partition coefficient (Wildman–Crippen LogP) is 5.12. The highest BCUT2D eigenvalue weighted by atomic mass is 16.5. The minimum atomic E-state index is -0.172. The van der Waals surface area contributed by atoms with E-state index in [4.69, 9.17) is 4.52 Å². The minimum absolute atomic E-state index is 0.0110. The lowest BCUT2D eigenvalue weighted by Crippen LogP contribution is -2.41. The van der Waals surface area contributed by atoms with Crippen molar-refractivity contribution < 1.29 is 9.32 Å². The van der Waals surface area contributed by atoms with E-state index < -0.39 is 0 Å². The third-order valence-electron chi connectivity index (χ3n) is 6.26. The standard InChI is InChI=1S/C25H25N3O2/c1-4-20-22(16(3)30-27-20)25(29)28-14-13-19-18-11-7-8-12-21(18)26-23(19)24(28)17-10-6-5-9-15(17)2/h5-12,24,26H,4,13-14H2,1-3H3. The largest absolute Gasteiger partial charge is 0.361 e. The van der Waals surface area contributed by atoms with Gasteiger partial charge in [0.15, 0.2) is 0 Å². The van der Waals surface area contributed by atoms with E-state index in [9.17, 15) is 4.79 Å². The molecule has 4 aromatic rings. The van der Waals surface area contributed by atoms with Gasteiger partial charge in [-0.15, -0.1) is 0 Å². The molecule has 30 heavy (non-hydrogen) atoms. The van der Waals surface area contributed by atoms with Crippen molar-refractivity contribution in [2.45, 2.75) is 39.7 Å². The fourth-order valence-corrected chi connectivity index (χ4v) is 4.75. The molecule has 1 atom stereocenters. The van der Waals surface area contributed by atoms with Crippen LogP contribution in [-0.2, 0) is 12.8 Å². The SMILES string of the molecule is CCc1noc(C)c1C(=O)N1CCc2c([nH]c3ccccc23)C1c1ccccc1C. The number of carbonyl (C=O) groups excluding carboxylic acids is 1. The fourth-order valence-electron chi connectivity index (χ4n) is 4.75. The molecule has 0 fully saturated rings. The van der Waals surface area contributed by atoms with E-state index in [0.29, 0.717) is 24.3 Å². The molecule has 1 unspecified atom stereocenters. The molecule has 152 valence electrons. The van der Waals surface area contributed by atoms with E-state index in [1.165, 1.54) is 16.5 Å². The molecule has 0 spiro atoms. The number of H-pyrrole nitrogens is 1. The summed E-state index contributed by atoms with van der Waals surface area (Å²) in [5.41, 5.74) is 7.18. The topological polar surface area (TPSA) is 62.1 Å². The van der Waals surface area contributed by atoms with Gasteiger partial charge in [-0.2, -0.15) is 0 Å². The minimum Gasteiger partial charge on any atom is -0.361 e. The quantitative estimate of drug-likeness (QED) is 0.520. The van der Waals surface area contributed by atoms with E-state index >= 15 is 0 Å². The fraction of sp³-hybridized carbons (Fsp3) is 0.280. The maximum atomic E-state index is 13.8. The van der Waals surface area contributed by atoms with Gasteiger partial charge in [-0.25, -0.2) is 0 Å². The summed E-state index contributed by atoms with van der Waals surface area (Å²) in [4.78, 5) is 19.4. The number of nitrogens with one attached hydrogen (secondary N) is 1. The summed E-state index contributed by atoms with van der Waals surface area (Å²) in [6.07, 6.45) is 1.48. The molecule has 5 nitrogen and oxygen atoms in total. The molecule has 5 heteroatoms. The summed E-state index contributed by atoms with van der Waals surface area (Å²) in [7, 11) is 0. The Morgan fingerprint density at radius 1 is 1.17 bits per heavy atom. The number of hydrogen-bond acceptors (Lipinski definition) is 3. The third kappa shape index (κ3) is 2.76. The van der Waals surface area contributed by atoms with Gasteiger partial charge in [-0.3, -0.25) is 4.79 Å². The maximum Gasteiger partial charge on any atom is 0.260 e. The smallest absolute Gasteiger partial charge is 0.260 e. The second-order valence-corrected chi connectivity index (χ2v) is 7.98. The Bertz CT molecular complexity index is 1250. The van der Waals surface area contributed by atoms with Gasteiger partial charge >= 0.3 is 0 Å². The van der Waals surface area contributed by atoms with Crippen molar-refractivity contribution in [1.29, 1.82) is 0 Å². The molecule has 1 aliphatic heterocycles. The lowest BCUT2D eigenvalue weighted by molar-refractivity contribution is 0.0689. The molecule has 0 saturated heterocycles. The molecule has 0 bridgehead atoms. The van der Waals surface area contributed by atoms with E-state index in [-0.39, 0.29) is 11.9 Å². The van der Waals surface area contributed by atoms with E-state index in [1.54, 1.807) is 0 Å². The summed E-state index contributed by atoms with van der Waals surface area (Å²) in [5, 5.41) is 5.36. The first-order valence-corrected chi connectivity index (χ1v) is 10.5. The van der Waals surface area contributed by atoms with Gasteiger partial charge in [0.1, 0.15) is 11.3 Å². The molecule has 1 amide bonds. The first kappa shape index (κ1) is 18.7. The average Bonchev–Trinajstić information content (AvgIpc) is 3.33. The summed E-state index contributed by atoms with van der Waals surface area (Å²) in [6.45, 7) is 6.58. The van der Waals surface area contributed by atoms with Crippen LogP contribution in [0.25, 0.3) is 10.9 Å². The Hall–Kier alpha value is -3.34. The van der Waals surface area contributed by atoms with Crippen LogP contribution >= 0.6 is 0 Å². The number of benzene rings is 2. The van der Waals surface area contributed by atoms with Crippen LogP contribution in [-0.4, -0.2) is 27.5 Å². The van der Waals surface area contributed by atoms with Crippen molar-refractivity contribution in [1.82, 2.24) is 15.0 Å². The molecule has 2 aromatic heterocycles. The zero-order valence-electron chi connectivity index (χ0n) is 17.5. The molecule has 0 saturated carbocycles. The first-order chi connectivity index (χ1) is 14.6. The van der Waals surface area contributed by atoms with Crippen LogP contribution < -0.4 is 0 Å². The van der Waals surface area contributed by atoms with Crippen LogP contribution in [0.2, 0.25) is 0 Å². The van der Waals surface area contributed by atoms with Gasteiger partial charge in [-0.1, -0.05) is 54.5 Å². The first-order valence-electron chi connectivity index (χ1n) is 10.5. The number of hydrogen-bond donors (Lipinski definition) is 1. The highest BCUT2D eigenvalue weighted by Crippen LogP contribution is 2.40. The van der Waals surface area contributed by atoms with Crippen LogP contribution in [0, 0.1) is 13.8 Å². The number of rotatable bonds is 3. The van der Waals surface area contributed by atoms with Gasteiger partial charge in [0.2, 0.25) is 0 Å². The van der Waals surface area contributed by atoms with Gasteiger partial charge in [0, 0.05) is 23.1 Å². The van der Waals surface area contributed by atoms with Gasteiger partial charge in [0.25, 0.3) is 5.91 Å². The Balaban J connectivity index is 1.70. The second-order valence-electron chi connectivity index (χ2n) is 7.98. The molecule has 0 aliphatic carbocycles. The number of carbonyl (C=O) groups is 1. The van der Waals surface area contributed by atoms with Crippen molar-refractivity contribution in [3.05, 3.63) is 87.9 Å². The van der Waals surface area contributed by atoms with E-state index in [0.717, 1.165) is 28.9 Å². The van der Waals surface area contributed by atoms with Crippen molar-refractivity contribution in [2.24, 2.45) is 0 Å². The monoisotopic (exact) mass is 399 g/mol. The number of aryl methyl sites for hydroxylation is 3. The van der Waals surface area contributed by atoms with Crippen LogP contribution in [0.3, 0.4) is 0 Å². The zero-order chi connectivity index (χ0) is 20.8. The van der Waals surface area contributed by atoms with E-state index in [1.807, 2.05) is 36.9 Å². The number of aromatic nitrogens is 2. The number of nitrogens with zero attached hydrogens (tertiary/aromatic N) is 2. The molecule has 1 N–H and O–H groups in total. The van der Waals surface area contributed by atoms with Crippen molar-refractivity contribution in [3.8, 4) is 0 Å². The van der Waals surface area contributed by atoms with Crippen molar-refractivity contribution >= 4 is 16.8 Å². The number of aromatic amines is 1. The lowest BCUT2D eigenvalue weighted by atomic mass is 9.89. The van der Waals surface area contributed by atoms with Crippen LogP contribution in [0.1, 0.15) is 57.2 Å². The summed E-state index contributed by atoms with van der Waals surface area (Å²) in [5.74, 6) is 0.575. The van der Waals surface area contributed by atoms with Gasteiger partial charge in [0.05, 0.1) is 11.7 Å². The van der Waals surface area contributed by atoms with Crippen molar-refractivity contribution in [3.63, 3.8) is 0 Å². The maximum absolute atomic E-state index is 13.8. The normalized spacial score (nSPS) is 16.1. The number of amides is 1. The Kier molecular flexibility index (Phi) is 4.46. The Labute approximate surface area is 175 Å². The Morgan fingerprint density at radius 2 is 1.93 bits per heavy atom. The van der Waals surface area contributed by atoms with E-state index in [2.05, 4.69) is 47.4 Å².